The van der Waals surface area contributed by atoms with Crippen molar-refractivity contribution >= 4 is 27.1 Å². The maximum Gasteiger partial charge on any atom is 0.247 e. The van der Waals surface area contributed by atoms with E-state index in [1.165, 1.54) is 18.4 Å². The molecule has 1 aliphatic rings. The van der Waals surface area contributed by atoms with Gasteiger partial charge < -0.3 is 14.1 Å². The Bertz CT molecular complexity index is 1120. The standard InChI is InChI=1S/C18H13ClF2N2O4S/c19-14-16-15(18(22-17(14)21)27-12-5-3-11(20)4-6-12)23(7-9-28(16,24)25)10-13-2-1-8-26-13/h1-6,8H,7,9-10H2. The zero-order valence-corrected chi connectivity index (χ0v) is 15.8. The van der Waals surface area contributed by atoms with E-state index < -0.39 is 26.6 Å². The van der Waals surface area contributed by atoms with Crippen LogP contribution in [0.2, 0.25) is 5.02 Å². The number of pyridine rings is 1. The third-order valence-corrected chi connectivity index (χ3v) is 6.41. The number of benzene rings is 1. The number of halogens is 3. The number of sulfone groups is 1. The van der Waals surface area contributed by atoms with Crippen LogP contribution in [0, 0.1) is 11.8 Å². The molecule has 6 nitrogen and oxygen atoms in total. The Labute approximate surface area is 164 Å². The zero-order valence-electron chi connectivity index (χ0n) is 14.2. The molecule has 146 valence electrons. The molecule has 1 aliphatic heterocycles. The predicted molar refractivity (Wildman–Crippen MR) is 97.5 cm³/mol. The summed E-state index contributed by atoms with van der Waals surface area (Å²) in [7, 11) is -3.85. The van der Waals surface area contributed by atoms with Crippen LogP contribution in [0.3, 0.4) is 0 Å². The van der Waals surface area contributed by atoms with Crippen LogP contribution in [0.1, 0.15) is 5.76 Å². The molecule has 0 fully saturated rings. The summed E-state index contributed by atoms with van der Waals surface area (Å²) in [6.07, 6.45) is 1.49. The summed E-state index contributed by atoms with van der Waals surface area (Å²) in [5, 5.41) is -0.592. The molecule has 3 aromatic rings. The van der Waals surface area contributed by atoms with Crippen LogP contribution < -0.4 is 9.64 Å². The van der Waals surface area contributed by atoms with Crippen LogP contribution >= 0.6 is 11.6 Å². The molecule has 0 N–H and O–H groups in total. The largest absolute Gasteiger partial charge is 0.467 e. The molecule has 0 unspecified atom stereocenters. The molecule has 4 rings (SSSR count). The lowest BCUT2D eigenvalue weighted by Crippen LogP contribution is -2.35. The second kappa shape index (κ2) is 7.06. The molecule has 10 heteroatoms. The summed E-state index contributed by atoms with van der Waals surface area (Å²) >= 11 is 5.97. The third kappa shape index (κ3) is 3.43. The van der Waals surface area contributed by atoms with E-state index in [2.05, 4.69) is 4.98 Å². The first-order valence-corrected chi connectivity index (χ1v) is 10.2. The van der Waals surface area contributed by atoms with E-state index in [0.29, 0.717) is 5.76 Å². The quantitative estimate of drug-likeness (QED) is 0.582. The lowest BCUT2D eigenvalue weighted by atomic mass is 10.3. The lowest BCUT2D eigenvalue weighted by molar-refractivity contribution is 0.436. The van der Waals surface area contributed by atoms with E-state index in [4.69, 9.17) is 20.8 Å². The average Bonchev–Trinajstić information content (AvgIpc) is 3.16. The molecular weight excluding hydrogens is 414 g/mol. The van der Waals surface area contributed by atoms with Crippen molar-refractivity contribution in [1.82, 2.24) is 4.98 Å². The van der Waals surface area contributed by atoms with Gasteiger partial charge in [-0.3, -0.25) is 0 Å². The Morgan fingerprint density at radius 3 is 2.64 bits per heavy atom. The number of aromatic nitrogens is 1. The molecule has 0 atom stereocenters. The van der Waals surface area contributed by atoms with Gasteiger partial charge in [-0.05, 0) is 36.4 Å². The SMILES string of the molecule is O=S1(=O)CCN(Cc2ccco2)c2c(Oc3ccc(F)cc3)nc(F)c(Cl)c21. The molecule has 1 aromatic carbocycles. The van der Waals surface area contributed by atoms with Crippen molar-refractivity contribution in [2.24, 2.45) is 0 Å². The van der Waals surface area contributed by atoms with E-state index >= 15 is 0 Å². The summed E-state index contributed by atoms with van der Waals surface area (Å²) in [5.74, 6) is -1.44. The van der Waals surface area contributed by atoms with Gasteiger partial charge in [-0.25, -0.2) is 12.8 Å². The Balaban J connectivity index is 1.86. The Hall–Kier alpha value is -2.65. The molecule has 0 bridgehead atoms. The predicted octanol–water partition coefficient (Wildman–Crippen LogP) is 4.19. The summed E-state index contributed by atoms with van der Waals surface area (Å²) in [4.78, 5) is 4.96. The number of anilines is 1. The Morgan fingerprint density at radius 2 is 1.96 bits per heavy atom. The summed E-state index contributed by atoms with van der Waals surface area (Å²) < 4.78 is 63.6. The molecule has 0 amide bonds. The zero-order chi connectivity index (χ0) is 19.9. The van der Waals surface area contributed by atoms with Crippen LogP contribution in [0.25, 0.3) is 0 Å². The number of rotatable bonds is 4. The second-order valence-electron chi connectivity index (χ2n) is 6.08. The molecule has 0 spiro atoms. The van der Waals surface area contributed by atoms with Crippen LogP contribution in [0.15, 0.2) is 52.0 Å². The molecule has 3 heterocycles. The van der Waals surface area contributed by atoms with Gasteiger partial charge in [0.2, 0.25) is 11.8 Å². The van der Waals surface area contributed by atoms with Crippen LogP contribution in [-0.4, -0.2) is 25.7 Å². The van der Waals surface area contributed by atoms with Crippen molar-refractivity contribution in [1.29, 1.82) is 0 Å². The number of fused-ring (bicyclic) bond motifs is 1. The van der Waals surface area contributed by atoms with Crippen molar-refractivity contribution in [2.75, 3.05) is 17.2 Å². The van der Waals surface area contributed by atoms with E-state index in [-0.39, 0.29) is 41.1 Å². The van der Waals surface area contributed by atoms with E-state index in [1.54, 1.807) is 17.0 Å². The first kappa shape index (κ1) is 18.7. The third-order valence-electron chi connectivity index (χ3n) is 4.21. The lowest BCUT2D eigenvalue weighted by Gasteiger charge is -2.31. The van der Waals surface area contributed by atoms with Crippen molar-refractivity contribution in [3.8, 4) is 11.6 Å². The average molecular weight is 427 g/mol. The summed E-state index contributed by atoms with van der Waals surface area (Å²) in [6.45, 7) is 0.318. The number of ether oxygens (including phenoxy) is 1. The highest BCUT2D eigenvalue weighted by Crippen LogP contribution is 2.44. The monoisotopic (exact) mass is 426 g/mol. The first-order valence-electron chi connectivity index (χ1n) is 8.17. The van der Waals surface area contributed by atoms with Crippen molar-refractivity contribution in [3.63, 3.8) is 0 Å². The normalized spacial score (nSPS) is 15.3. The van der Waals surface area contributed by atoms with Gasteiger partial charge in [-0.2, -0.15) is 9.37 Å². The van der Waals surface area contributed by atoms with Gasteiger partial charge in [0.05, 0.1) is 18.6 Å². The van der Waals surface area contributed by atoms with Crippen LogP contribution in [0.5, 0.6) is 11.6 Å². The highest BCUT2D eigenvalue weighted by molar-refractivity contribution is 7.91. The summed E-state index contributed by atoms with van der Waals surface area (Å²) in [6, 6.07) is 8.38. The fraction of sp³-hybridized carbons (Fsp3) is 0.167. The van der Waals surface area contributed by atoms with Crippen LogP contribution in [0.4, 0.5) is 14.5 Å². The number of hydrogen-bond donors (Lipinski definition) is 0. The Morgan fingerprint density at radius 1 is 1.21 bits per heavy atom. The molecule has 28 heavy (non-hydrogen) atoms. The minimum absolute atomic E-state index is 0.0402. The molecule has 2 aromatic heterocycles. The van der Waals surface area contributed by atoms with Crippen LogP contribution in [-0.2, 0) is 16.4 Å². The molecule has 0 radical (unpaired) electrons. The molecular formula is C18H13ClF2N2O4S. The maximum atomic E-state index is 14.3. The van der Waals surface area contributed by atoms with Crippen molar-refractivity contribution in [3.05, 3.63) is 65.2 Å². The van der Waals surface area contributed by atoms with E-state index in [1.807, 2.05) is 0 Å². The highest BCUT2D eigenvalue weighted by atomic mass is 35.5. The second-order valence-corrected chi connectivity index (χ2v) is 8.50. The van der Waals surface area contributed by atoms with Gasteiger partial charge in [0.1, 0.15) is 32.9 Å². The molecule has 0 saturated heterocycles. The fourth-order valence-electron chi connectivity index (χ4n) is 2.93. The van der Waals surface area contributed by atoms with Gasteiger partial charge in [-0.15, -0.1) is 0 Å². The van der Waals surface area contributed by atoms with Crippen molar-refractivity contribution in [2.45, 2.75) is 11.4 Å². The van der Waals surface area contributed by atoms with Crippen molar-refractivity contribution < 1.29 is 26.4 Å². The minimum Gasteiger partial charge on any atom is -0.467 e. The number of nitrogens with zero attached hydrogens (tertiary/aromatic N) is 2. The van der Waals surface area contributed by atoms with E-state index in [9.17, 15) is 17.2 Å². The summed E-state index contributed by atoms with van der Waals surface area (Å²) in [5.41, 5.74) is 0.0402. The van der Waals surface area contributed by atoms with Gasteiger partial charge in [0, 0.05) is 6.54 Å². The van der Waals surface area contributed by atoms with Gasteiger partial charge in [0.25, 0.3) is 0 Å². The highest BCUT2D eigenvalue weighted by Gasteiger charge is 2.37. The smallest absolute Gasteiger partial charge is 0.247 e. The van der Waals surface area contributed by atoms with E-state index in [0.717, 1.165) is 12.1 Å². The minimum atomic E-state index is -3.85. The van der Waals surface area contributed by atoms with Gasteiger partial charge in [0.15, 0.2) is 9.84 Å². The molecule has 0 saturated carbocycles. The fourth-order valence-corrected chi connectivity index (χ4v) is 4.94. The number of hydrogen-bond acceptors (Lipinski definition) is 6. The topological polar surface area (TPSA) is 72.6 Å². The number of furan rings is 1. The molecule has 0 aliphatic carbocycles. The first-order chi connectivity index (χ1) is 13.3. The van der Waals surface area contributed by atoms with Gasteiger partial charge >= 0.3 is 0 Å². The maximum absolute atomic E-state index is 14.3. The van der Waals surface area contributed by atoms with Gasteiger partial charge in [-0.1, -0.05) is 11.6 Å². The Kier molecular flexibility index (Phi) is 4.72.